The predicted octanol–water partition coefficient (Wildman–Crippen LogP) is 3.05. The van der Waals surface area contributed by atoms with Crippen LogP contribution in [0.25, 0.3) is 0 Å². The van der Waals surface area contributed by atoms with Crippen molar-refractivity contribution in [3.63, 3.8) is 0 Å². The molecule has 0 aromatic rings. The van der Waals surface area contributed by atoms with Crippen LogP contribution < -0.4 is 0 Å². The van der Waals surface area contributed by atoms with E-state index in [4.69, 9.17) is 4.74 Å². The minimum atomic E-state index is -0.141. The maximum atomic E-state index is 12.5. The zero-order valence-corrected chi connectivity index (χ0v) is 12.4. The van der Waals surface area contributed by atoms with Crippen molar-refractivity contribution in [3.8, 4) is 0 Å². The molecule has 0 N–H and O–H groups in total. The van der Waals surface area contributed by atoms with E-state index in [0.29, 0.717) is 24.3 Å². The van der Waals surface area contributed by atoms with Crippen molar-refractivity contribution in [2.45, 2.75) is 75.5 Å². The van der Waals surface area contributed by atoms with Gasteiger partial charge in [0.15, 0.2) is 0 Å². The van der Waals surface area contributed by atoms with E-state index in [1.807, 2.05) is 6.92 Å². The summed E-state index contributed by atoms with van der Waals surface area (Å²) in [4.78, 5) is 14.8. The molecule has 3 nitrogen and oxygen atoms in total. The lowest BCUT2D eigenvalue weighted by atomic mass is 9.65. The molecule has 2 saturated heterocycles. The lowest BCUT2D eigenvalue weighted by molar-refractivity contribution is -0.155. The third-order valence-electron chi connectivity index (χ3n) is 6.16. The van der Waals surface area contributed by atoms with E-state index in [2.05, 4.69) is 17.1 Å². The quantitative estimate of drug-likeness (QED) is 0.688. The molecular weight excluding hydrogens is 250 g/mol. The van der Waals surface area contributed by atoms with E-state index in [0.717, 1.165) is 6.54 Å². The van der Waals surface area contributed by atoms with Crippen LogP contribution in [0.5, 0.6) is 0 Å². The van der Waals surface area contributed by atoms with Crippen LogP contribution in [0.3, 0.4) is 0 Å². The first-order valence-corrected chi connectivity index (χ1v) is 8.35. The second-order valence-electron chi connectivity index (χ2n) is 7.23. The molecule has 4 aliphatic rings. The third-order valence-corrected chi connectivity index (χ3v) is 6.16. The average Bonchev–Trinajstić information content (AvgIpc) is 3.03. The van der Waals surface area contributed by atoms with Crippen LogP contribution in [0.1, 0.15) is 58.3 Å². The monoisotopic (exact) mass is 275 g/mol. The average molecular weight is 275 g/mol. The van der Waals surface area contributed by atoms with E-state index in [9.17, 15) is 4.79 Å². The van der Waals surface area contributed by atoms with Gasteiger partial charge in [0.1, 0.15) is 5.60 Å². The summed E-state index contributed by atoms with van der Waals surface area (Å²) in [7, 11) is 0. The standard InChI is InChI=1S/C17H25NO2/c1-2-15(19)18-12-17-9-6-14(20-17)10-13(17)11-16(18)7-4-3-5-8-16/h6,9,13-14H,2-5,7-8,10-12H2,1H3/t13?,14-,17-/m1/s1. The number of fused-ring (bicyclic) bond motifs is 1. The predicted molar refractivity (Wildman–Crippen MR) is 77.3 cm³/mol. The van der Waals surface area contributed by atoms with Gasteiger partial charge in [-0.15, -0.1) is 0 Å². The summed E-state index contributed by atoms with van der Waals surface area (Å²) in [5.41, 5.74) is 0.0150. The van der Waals surface area contributed by atoms with Gasteiger partial charge in [-0.25, -0.2) is 0 Å². The molecule has 110 valence electrons. The summed E-state index contributed by atoms with van der Waals surface area (Å²) in [5, 5.41) is 0. The SMILES string of the molecule is CCC(=O)N1C[C@]23C=C[C@H](CC2CC12CCCCC2)O3. The summed E-state index contributed by atoms with van der Waals surface area (Å²) in [6.45, 7) is 2.79. The fraction of sp³-hybridized carbons (Fsp3) is 0.824. The number of carbonyl (C=O) groups excluding carboxylic acids is 1. The molecule has 0 aromatic heterocycles. The van der Waals surface area contributed by atoms with Gasteiger partial charge in [-0.05, 0) is 31.6 Å². The fourth-order valence-electron chi connectivity index (χ4n) is 5.16. The van der Waals surface area contributed by atoms with E-state index in [1.54, 1.807) is 0 Å². The Morgan fingerprint density at radius 1 is 1.35 bits per heavy atom. The summed E-state index contributed by atoms with van der Waals surface area (Å²) >= 11 is 0. The van der Waals surface area contributed by atoms with Crippen molar-refractivity contribution in [1.29, 1.82) is 0 Å². The maximum absolute atomic E-state index is 12.5. The van der Waals surface area contributed by atoms with E-state index < -0.39 is 0 Å². The van der Waals surface area contributed by atoms with Gasteiger partial charge < -0.3 is 9.64 Å². The summed E-state index contributed by atoms with van der Waals surface area (Å²) in [6, 6.07) is 0. The number of ether oxygens (including phenoxy) is 1. The van der Waals surface area contributed by atoms with Crippen LogP contribution in [0.4, 0.5) is 0 Å². The van der Waals surface area contributed by atoms with Gasteiger partial charge in [0, 0.05) is 12.0 Å². The molecule has 2 spiro atoms. The molecule has 3 heterocycles. The molecule has 0 radical (unpaired) electrons. The Bertz CT molecular complexity index is 452. The summed E-state index contributed by atoms with van der Waals surface area (Å²) < 4.78 is 6.22. The molecule has 2 bridgehead atoms. The molecule has 1 saturated carbocycles. The van der Waals surface area contributed by atoms with Crippen molar-refractivity contribution >= 4 is 5.91 Å². The third kappa shape index (κ3) is 1.65. The van der Waals surface area contributed by atoms with Gasteiger partial charge in [0.05, 0.1) is 12.6 Å². The van der Waals surface area contributed by atoms with E-state index >= 15 is 0 Å². The lowest BCUT2D eigenvalue weighted by Gasteiger charge is -2.56. The van der Waals surface area contributed by atoms with Gasteiger partial charge >= 0.3 is 0 Å². The van der Waals surface area contributed by atoms with Crippen molar-refractivity contribution in [2.75, 3.05) is 6.54 Å². The van der Waals surface area contributed by atoms with Gasteiger partial charge in [0.25, 0.3) is 0 Å². The Morgan fingerprint density at radius 3 is 2.85 bits per heavy atom. The summed E-state index contributed by atoms with van der Waals surface area (Å²) in [6.07, 6.45) is 14.1. The highest BCUT2D eigenvalue weighted by Crippen LogP contribution is 2.54. The normalized spacial score (nSPS) is 41.1. The molecule has 1 amide bonds. The Kier molecular flexibility index (Phi) is 2.79. The molecule has 20 heavy (non-hydrogen) atoms. The Balaban J connectivity index is 1.68. The highest BCUT2D eigenvalue weighted by molar-refractivity contribution is 5.77. The van der Waals surface area contributed by atoms with Gasteiger partial charge in [-0.2, -0.15) is 0 Å². The molecule has 4 rings (SSSR count). The molecular formula is C17H25NO2. The van der Waals surface area contributed by atoms with Crippen LogP contribution in [-0.2, 0) is 9.53 Å². The molecule has 1 unspecified atom stereocenters. The first-order valence-electron chi connectivity index (χ1n) is 8.35. The number of carbonyl (C=O) groups is 1. The van der Waals surface area contributed by atoms with Crippen LogP contribution in [0.2, 0.25) is 0 Å². The maximum Gasteiger partial charge on any atom is 0.222 e. The number of hydrogen-bond donors (Lipinski definition) is 0. The number of piperidine rings is 1. The molecule has 1 aliphatic carbocycles. The molecule has 0 aromatic carbocycles. The zero-order valence-electron chi connectivity index (χ0n) is 12.4. The first kappa shape index (κ1) is 12.9. The van der Waals surface area contributed by atoms with Gasteiger partial charge in [-0.1, -0.05) is 38.3 Å². The van der Waals surface area contributed by atoms with Crippen LogP contribution >= 0.6 is 0 Å². The number of likely N-dealkylation sites (tertiary alicyclic amines) is 1. The zero-order chi connectivity index (χ0) is 13.8. The Morgan fingerprint density at radius 2 is 2.15 bits per heavy atom. The Hall–Kier alpha value is -0.830. The fourth-order valence-corrected chi connectivity index (χ4v) is 5.16. The largest absolute Gasteiger partial charge is 0.361 e. The van der Waals surface area contributed by atoms with Crippen molar-refractivity contribution in [3.05, 3.63) is 12.2 Å². The molecule has 3 aliphatic heterocycles. The molecule has 3 atom stereocenters. The van der Waals surface area contributed by atoms with Crippen LogP contribution in [0, 0.1) is 5.92 Å². The van der Waals surface area contributed by atoms with E-state index in [1.165, 1.54) is 44.9 Å². The van der Waals surface area contributed by atoms with Crippen molar-refractivity contribution in [2.24, 2.45) is 5.92 Å². The van der Waals surface area contributed by atoms with Gasteiger partial charge in [0.2, 0.25) is 5.91 Å². The second kappa shape index (κ2) is 4.33. The molecule has 3 fully saturated rings. The second-order valence-corrected chi connectivity index (χ2v) is 7.23. The van der Waals surface area contributed by atoms with Crippen molar-refractivity contribution < 1.29 is 9.53 Å². The Labute approximate surface area is 121 Å². The summed E-state index contributed by atoms with van der Waals surface area (Å²) in [5.74, 6) is 0.962. The number of rotatable bonds is 1. The minimum absolute atomic E-state index is 0.141. The number of amides is 1. The lowest BCUT2D eigenvalue weighted by Crippen LogP contribution is -2.64. The smallest absolute Gasteiger partial charge is 0.222 e. The first-order chi connectivity index (χ1) is 9.67. The highest BCUT2D eigenvalue weighted by Gasteiger charge is 2.59. The topological polar surface area (TPSA) is 29.5 Å². The van der Waals surface area contributed by atoms with Crippen LogP contribution in [-0.4, -0.2) is 34.6 Å². The van der Waals surface area contributed by atoms with E-state index in [-0.39, 0.29) is 11.1 Å². The molecule has 3 heteroatoms. The highest BCUT2D eigenvalue weighted by atomic mass is 16.5. The number of nitrogens with zero attached hydrogens (tertiary/aromatic N) is 1. The van der Waals surface area contributed by atoms with Crippen LogP contribution in [0.15, 0.2) is 12.2 Å². The van der Waals surface area contributed by atoms with Gasteiger partial charge in [-0.3, -0.25) is 4.79 Å². The number of hydrogen-bond acceptors (Lipinski definition) is 2. The minimum Gasteiger partial charge on any atom is -0.361 e. The van der Waals surface area contributed by atoms with Crippen molar-refractivity contribution in [1.82, 2.24) is 4.90 Å².